The first-order valence-corrected chi connectivity index (χ1v) is 11.1. The number of aryl methyl sites for hydroxylation is 2. The normalized spacial score (nSPS) is 11.2. The summed E-state index contributed by atoms with van der Waals surface area (Å²) < 4.78 is 42.3. The van der Waals surface area contributed by atoms with Crippen LogP contribution in [0.5, 0.6) is 5.75 Å². The van der Waals surface area contributed by atoms with Crippen LogP contribution >= 0.6 is 0 Å². The fraction of sp³-hybridized carbons (Fsp3) is 0.154. The number of benzene rings is 3. The lowest BCUT2D eigenvalue weighted by Gasteiger charge is -2.11. The van der Waals surface area contributed by atoms with Crippen molar-refractivity contribution in [3.05, 3.63) is 84.2 Å². The van der Waals surface area contributed by atoms with Gasteiger partial charge in [-0.2, -0.15) is 0 Å². The highest BCUT2D eigenvalue weighted by Crippen LogP contribution is 2.24. The van der Waals surface area contributed by atoms with Gasteiger partial charge in [0.25, 0.3) is 0 Å². The topological polar surface area (TPSA) is 98.1 Å². The number of hydrogen-bond acceptors (Lipinski definition) is 5. The zero-order valence-electron chi connectivity index (χ0n) is 19.8. The van der Waals surface area contributed by atoms with Crippen molar-refractivity contribution in [2.45, 2.75) is 26.6 Å². The van der Waals surface area contributed by atoms with Crippen molar-refractivity contribution in [3.63, 3.8) is 0 Å². The molecule has 37 heavy (non-hydrogen) atoms. The highest BCUT2D eigenvalue weighted by Gasteiger charge is 2.31. The molecule has 0 saturated carbocycles. The number of hydrogen-bond donors (Lipinski definition) is 2. The van der Waals surface area contributed by atoms with Crippen LogP contribution in [0, 0.1) is 13.8 Å². The Kier molecular flexibility index (Phi) is 7.23. The molecule has 0 aliphatic carbocycles. The van der Waals surface area contributed by atoms with Crippen LogP contribution in [-0.4, -0.2) is 32.9 Å². The second kappa shape index (κ2) is 10.5. The van der Waals surface area contributed by atoms with E-state index in [0.29, 0.717) is 28.5 Å². The molecule has 3 aromatic carbocycles. The van der Waals surface area contributed by atoms with Gasteiger partial charge in [-0.25, -0.2) is 9.67 Å². The van der Waals surface area contributed by atoms with Crippen LogP contribution in [0.25, 0.3) is 17.1 Å². The van der Waals surface area contributed by atoms with Gasteiger partial charge in [0.05, 0.1) is 5.69 Å². The van der Waals surface area contributed by atoms with Crippen LogP contribution < -0.4 is 15.4 Å². The molecule has 190 valence electrons. The molecule has 0 unspecified atom stereocenters. The lowest BCUT2D eigenvalue weighted by Crippen LogP contribution is -2.22. The van der Waals surface area contributed by atoms with Gasteiger partial charge in [0.15, 0.2) is 5.82 Å². The largest absolute Gasteiger partial charge is 0.573 e. The van der Waals surface area contributed by atoms with Gasteiger partial charge in [-0.3, -0.25) is 9.59 Å². The van der Waals surface area contributed by atoms with Crippen molar-refractivity contribution < 1.29 is 27.5 Å². The smallest absolute Gasteiger partial charge is 0.406 e. The van der Waals surface area contributed by atoms with E-state index in [-0.39, 0.29) is 12.2 Å². The second-order valence-corrected chi connectivity index (χ2v) is 8.17. The molecule has 1 aromatic heterocycles. The Morgan fingerprint density at radius 2 is 1.51 bits per heavy atom. The van der Waals surface area contributed by atoms with E-state index in [1.807, 2.05) is 32.0 Å². The Morgan fingerprint density at radius 3 is 2.14 bits per heavy atom. The molecule has 8 nitrogen and oxygen atoms in total. The van der Waals surface area contributed by atoms with Crippen molar-refractivity contribution in [1.82, 2.24) is 14.8 Å². The first-order chi connectivity index (χ1) is 17.6. The average molecular weight is 509 g/mol. The fourth-order valence-electron chi connectivity index (χ4n) is 3.57. The van der Waals surface area contributed by atoms with Crippen LogP contribution in [0.2, 0.25) is 0 Å². The zero-order chi connectivity index (χ0) is 26.6. The average Bonchev–Trinajstić information content (AvgIpc) is 3.32. The number of carbonyl (C=O) groups excluding carboxylic acids is 2. The molecule has 0 bridgehead atoms. The number of carbonyl (C=O) groups is 2. The minimum atomic E-state index is -4.76. The fourth-order valence-corrected chi connectivity index (χ4v) is 3.57. The Morgan fingerprint density at radius 1 is 0.892 bits per heavy atom. The maximum atomic E-state index is 12.3. The van der Waals surface area contributed by atoms with Crippen molar-refractivity contribution in [3.8, 4) is 22.8 Å². The molecule has 0 saturated heterocycles. The van der Waals surface area contributed by atoms with Gasteiger partial charge < -0.3 is 15.4 Å². The third-order valence-electron chi connectivity index (χ3n) is 5.32. The van der Waals surface area contributed by atoms with Gasteiger partial charge in [0.1, 0.15) is 18.5 Å². The van der Waals surface area contributed by atoms with Crippen molar-refractivity contribution in [1.29, 1.82) is 0 Å². The van der Waals surface area contributed by atoms with Gasteiger partial charge in [-0.05, 0) is 73.5 Å². The Balaban J connectivity index is 1.35. The van der Waals surface area contributed by atoms with Gasteiger partial charge in [-0.1, -0.05) is 18.2 Å². The van der Waals surface area contributed by atoms with E-state index >= 15 is 0 Å². The molecule has 2 N–H and O–H groups in total. The lowest BCUT2D eigenvalue weighted by atomic mass is 10.1. The predicted molar refractivity (Wildman–Crippen MR) is 131 cm³/mol. The third-order valence-corrected chi connectivity index (χ3v) is 5.32. The van der Waals surface area contributed by atoms with Crippen LogP contribution in [0.4, 0.5) is 24.5 Å². The summed E-state index contributed by atoms with van der Waals surface area (Å²) in [5.74, 6) is -0.838. The number of nitrogens with one attached hydrogen (secondary N) is 2. The molecule has 0 atom stereocenters. The highest BCUT2D eigenvalue weighted by molar-refractivity contribution is 6.08. The predicted octanol–water partition coefficient (Wildman–Crippen LogP) is 5.42. The zero-order valence-corrected chi connectivity index (χ0v) is 19.8. The Hall–Kier alpha value is -4.67. The molecule has 11 heteroatoms. The third kappa shape index (κ3) is 6.72. The minimum Gasteiger partial charge on any atom is -0.406 e. The number of alkyl halides is 3. The molecule has 0 spiro atoms. The molecular formula is C26H22F3N5O3. The number of ether oxygens (including phenoxy) is 1. The standard InChI is InChI=1S/C26H22F3N5O3/c1-16-4-3-5-17(2)24(16)32-23(36)14-22(35)31-19-8-6-18(7-9-19)25-30-15-34(33-25)20-10-12-21(13-11-20)37-26(27,28)29/h3-13,15H,14H2,1-2H3,(H,31,35)(H,32,36). The minimum absolute atomic E-state index is 0.336. The quantitative estimate of drug-likeness (QED) is 0.325. The number of para-hydroxylation sites is 1. The molecule has 4 rings (SSSR count). The SMILES string of the molecule is Cc1cccc(C)c1NC(=O)CC(=O)Nc1ccc(-c2ncn(-c3ccc(OC(F)(F)F)cc3)n2)cc1. The number of nitrogens with zero attached hydrogens (tertiary/aromatic N) is 3. The summed E-state index contributed by atoms with van der Waals surface area (Å²) >= 11 is 0. The number of amides is 2. The Bertz CT molecular complexity index is 1390. The number of halogens is 3. The molecule has 0 fully saturated rings. The maximum absolute atomic E-state index is 12.3. The Labute approximate surface area is 210 Å². The first kappa shape index (κ1) is 25.4. The van der Waals surface area contributed by atoms with Crippen LogP contribution in [-0.2, 0) is 9.59 Å². The summed E-state index contributed by atoms with van der Waals surface area (Å²) in [5.41, 5.74) is 4.16. The number of aromatic nitrogens is 3. The number of anilines is 2. The van der Waals surface area contributed by atoms with Crippen molar-refractivity contribution in [2.24, 2.45) is 0 Å². The van der Waals surface area contributed by atoms with E-state index in [0.717, 1.165) is 11.1 Å². The van der Waals surface area contributed by atoms with E-state index in [2.05, 4.69) is 25.5 Å². The summed E-state index contributed by atoms with van der Waals surface area (Å²) in [6.45, 7) is 3.76. The summed E-state index contributed by atoms with van der Waals surface area (Å²) in [5, 5.41) is 9.80. The molecule has 0 radical (unpaired) electrons. The summed E-state index contributed by atoms with van der Waals surface area (Å²) in [6, 6.07) is 17.6. The summed E-state index contributed by atoms with van der Waals surface area (Å²) in [6.07, 6.45) is -3.67. The monoisotopic (exact) mass is 509 g/mol. The first-order valence-electron chi connectivity index (χ1n) is 11.1. The van der Waals surface area contributed by atoms with E-state index < -0.39 is 18.2 Å². The lowest BCUT2D eigenvalue weighted by molar-refractivity contribution is -0.274. The van der Waals surface area contributed by atoms with Crippen LogP contribution in [0.15, 0.2) is 73.1 Å². The van der Waals surface area contributed by atoms with Crippen LogP contribution in [0.1, 0.15) is 17.5 Å². The summed E-state index contributed by atoms with van der Waals surface area (Å²) in [4.78, 5) is 28.9. The molecule has 1 heterocycles. The summed E-state index contributed by atoms with van der Waals surface area (Å²) in [7, 11) is 0. The highest BCUT2D eigenvalue weighted by atomic mass is 19.4. The van der Waals surface area contributed by atoms with E-state index in [4.69, 9.17) is 0 Å². The van der Waals surface area contributed by atoms with Gasteiger partial charge in [0, 0.05) is 16.9 Å². The van der Waals surface area contributed by atoms with Gasteiger partial charge >= 0.3 is 6.36 Å². The van der Waals surface area contributed by atoms with Crippen molar-refractivity contribution in [2.75, 3.05) is 10.6 Å². The van der Waals surface area contributed by atoms with Crippen molar-refractivity contribution >= 4 is 23.2 Å². The van der Waals surface area contributed by atoms with Crippen LogP contribution in [0.3, 0.4) is 0 Å². The van der Waals surface area contributed by atoms with E-state index in [1.165, 1.54) is 35.3 Å². The van der Waals surface area contributed by atoms with E-state index in [1.54, 1.807) is 24.3 Å². The van der Waals surface area contributed by atoms with Gasteiger partial charge in [0.2, 0.25) is 11.8 Å². The second-order valence-electron chi connectivity index (χ2n) is 8.17. The van der Waals surface area contributed by atoms with Gasteiger partial charge in [-0.15, -0.1) is 18.3 Å². The molecule has 0 aliphatic rings. The molecule has 0 aliphatic heterocycles. The molecular weight excluding hydrogens is 487 g/mol. The van der Waals surface area contributed by atoms with E-state index in [9.17, 15) is 22.8 Å². The maximum Gasteiger partial charge on any atom is 0.573 e. The molecule has 4 aromatic rings. The molecule has 2 amide bonds. The number of rotatable bonds is 7.